The van der Waals surface area contributed by atoms with Gasteiger partial charge in [-0.15, -0.1) is 0 Å². The number of hydrogen-bond donors (Lipinski definition) is 1. The quantitative estimate of drug-likeness (QED) is 0.362. The standard InChI is InChI=1S/C26H34N2O4/c1-6-8-21-15-19(7-2)16-23(25(21)32-14-13-31-18(3)4)24(26(29)30-5)28-22-11-9-20(17-27)10-12-22/h9-12,15-16,18,24,28H,6-8,13-14H2,1-5H3. The van der Waals surface area contributed by atoms with Crippen molar-refractivity contribution in [2.45, 2.75) is 59.1 Å². The highest BCUT2D eigenvalue weighted by Crippen LogP contribution is 2.35. The monoisotopic (exact) mass is 438 g/mol. The molecule has 0 heterocycles. The summed E-state index contributed by atoms with van der Waals surface area (Å²) in [6, 6.07) is 12.5. The number of anilines is 1. The van der Waals surface area contributed by atoms with Crippen LogP contribution in [0.2, 0.25) is 0 Å². The van der Waals surface area contributed by atoms with Crippen molar-refractivity contribution >= 4 is 11.7 Å². The minimum absolute atomic E-state index is 0.122. The summed E-state index contributed by atoms with van der Waals surface area (Å²) >= 11 is 0. The summed E-state index contributed by atoms with van der Waals surface area (Å²) < 4.78 is 17.0. The minimum atomic E-state index is -0.754. The van der Waals surface area contributed by atoms with Crippen LogP contribution in [0.5, 0.6) is 5.75 Å². The van der Waals surface area contributed by atoms with E-state index >= 15 is 0 Å². The van der Waals surface area contributed by atoms with Gasteiger partial charge in [-0.05, 0) is 68.1 Å². The fraction of sp³-hybridized carbons (Fsp3) is 0.462. The number of carbonyl (C=O) groups is 1. The Morgan fingerprint density at radius 3 is 2.41 bits per heavy atom. The maximum Gasteiger partial charge on any atom is 0.333 e. The van der Waals surface area contributed by atoms with Crippen molar-refractivity contribution in [2.75, 3.05) is 25.6 Å². The number of nitrogens with zero attached hydrogens (tertiary/aromatic N) is 1. The maximum absolute atomic E-state index is 12.9. The smallest absolute Gasteiger partial charge is 0.333 e. The molecule has 1 N–H and O–H groups in total. The normalized spacial score (nSPS) is 11.7. The molecule has 0 radical (unpaired) electrons. The third-order valence-corrected chi connectivity index (χ3v) is 5.04. The molecule has 0 spiro atoms. The summed E-state index contributed by atoms with van der Waals surface area (Å²) in [5.74, 6) is 0.293. The number of benzene rings is 2. The molecule has 2 rings (SSSR count). The van der Waals surface area contributed by atoms with Gasteiger partial charge in [-0.3, -0.25) is 0 Å². The minimum Gasteiger partial charge on any atom is -0.491 e. The molecule has 2 aromatic rings. The van der Waals surface area contributed by atoms with E-state index in [0.29, 0.717) is 30.2 Å². The van der Waals surface area contributed by atoms with Crippen LogP contribution < -0.4 is 10.1 Å². The van der Waals surface area contributed by atoms with Crippen molar-refractivity contribution in [1.82, 2.24) is 0 Å². The molecule has 6 heteroatoms. The predicted molar refractivity (Wildman–Crippen MR) is 126 cm³/mol. The molecule has 172 valence electrons. The summed E-state index contributed by atoms with van der Waals surface area (Å²) in [6.07, 6.45) is 2.76. The largest absolute Gasteiger partial charge is 0.491 e. The van der Waals surface area contributed by atoms with Crippen molar-refractivity contribution in [3.05, 3.63) is 58.7 Å². The zero-order chi connectivity index (χ0) is 23.5. The lowest BCUT2D eigenvalue weighted by Crippen LogP contribution is -2.24. The van der Waals surface area contributed by atoms with Gasteiger partial charge >= 0.3 is 5.97 Å². The van der Waals surface area contributed by atoms with Crippen LogP contribution in [0.25, 0.3) is 0 Å². The van der Waals surface area contributed by atoms with Gasteiger partial charge in [0.25, 0.3) is 0 Å². The Labute approximate surface area is 191 Å². The lowest BCUT2D eigenvalue weighted by Gasteiger charge is -2.24. The summed E-state index contributed by atoms with van der Waals surface area (Å²) in [7, 11) is 1.38. The highest BCUT2D eigenvalue weighted by Gasteiger charge is 2.27. The van der Waals surface area contributed by atoms with Gasteiger partial charge in [-0.25, -0.2) is 4.79 Å². The second-order valence-corrected chi connectivity index (χ2v) is 7.83. The third kappa shape index (κ3) is 7.00. The Bertz CT molecular complexity index is 917. The Morgan fingerprint density at radius 2 is 1.84 bits per heavy atom. The van der Waals surface area contributed by atoms with E-state index in [-0.39, 0.29) is 6.10 Å². The fourth-order valence-corrected chi connectivity index (χ4v) is 3.45. The van der Waals surface area contributed by atoms with Crippen molar-refractivity contribution in [3.8, 4) is 11.8 Å². The van der Waals surface area contributed by atoms with Crippen LogP contribution in [0.4, 0.5) is 5.69 Å². The van der Waals surface area contributed by atoms with Crippen LogP contribution in [-0.4, -0.2) is 32.4 Å². The van der Waals surface area contributed by atoms with Gasteiger partial charge in [-0.2, -0.15) is 5.26 Å². The van der Waals surface area contributed by atoms with Gasteiger partial charge in [0.1, 0.15) is 12.4 Å². The number of esters is 1. The highest BCUT2D eigenvalue weighted by molar-refractivity contribution is 5.82. The van der Waals surface area contributed by atoms with Crippen LogP contribution in [0, 0.1) is 11.3 Å². The molecule has 0 saturated heterocycles. The van der Waals surface area contributed by atoms with E-state index in [2.05, 4.69) is 31.3 Å². The SMILES string of the molecule is CCCc1cc(CC)cc(C(Nc2ccc(C#N)cc2)C(=O)OC)c1OCCOC(C)C. The lowest BCUT2D eigenvalue weighted by atomic mass is 9.95. The maximum atomic E-state index is 12.9. The highest BCUT2D eigenvalue weighted by atomic mass is 16.5. The Morgan fingerprint density at radius 1 is 1.12 bits per heavy atom. The van der Waals surface area contributed by atoms with Gasteiger partial charge < -0.3 is 19.5 Å². The van der Waals surface area contributed by atoms with Crippen LogP contribution in [0.15, 0.2) is 36.4 Å². The molecule has 32 heavy (non-hydrogen) atoms. The average Bonchev–Trinajstić information content (AvgIpc) is 2.80. The topological polar surface area (TPSA) is 80.6 Å². The van der Waals surface area contributed by atoms with Crippen molar-refractivity contribution in [3.63, 3.8) is 0 Å². The van der Waals surface area contributed by atoms with E-state index < -0.39 is 12.0 Å². The van der Waals surface area contributed by atoms with Crippen LogP contribution in [0.1, 0.15) is 62.4 Å². The molecular weight excluding hydrogens is 404 g/mol. The first-order chi connectivity index (χ1) is 15.4. The van der Waals surface area contributed by atoms with Crippen LogP contribution in [-0.2, 0) is 27.1 Å². The van der Waals surface area contributed by atoms with Gasteiger partial charge in [0.05, 0.1) is 31.5 Å². The van der Waals surface area contributed by atoms with Gasteiger partial charge in [-0.1, -0.05) is 26.3 Å². The number of rotatable bonds is 12. The van der Waals surface area contributed by atoms with Gasteiger partial charge in [0, 0.05) is 11.3 Å². The number of carbonyl (C=O) groups excluding carboxylic acids is 1. The number of hydrogen-bond acceptors (Lipinski definition) is 6. The van der Waals surface area contributed by atoms with E-state index in [4.69, 9.17) is 19.5 Å². The Hall–Kier alpha value is -3.04. The van der Waals surface area contributed by atoms with E-state index in [9.17, 15) is 4.79 Å². The molecule has 2 aromatic carbocycles. The third-order valence-electron chi connectivity index (χ3n) is 5.04. The van der Waals surface area contributed by atoms with Crippen LogP contribution >= 0.6 is 0 Å². The zero-order valence-electron chi connectivity index (χ0n) is 19.7. The number of methoxy groups -OCH3 is 1. The first kappa shape index (κ1) is 25.2. The van der Waals surface area contributed by atoms with Crippen molar-refractivity contribution < 1.29 is 19.0 Å². The van der Waals surface area contributed by atoms with E-state index in [0.717, 1.165) is 36.0 Å². The first-order valence-corrected chi connectivity index (χ1v) is 11.2. The molecule has 6 nitrogen and oxygen atoms in total. The molecule has 0 amide bonds. The number of nitriles is 1. The second-order valence-electron chi connectivity index (χ2n) is 7.83. The van der Waals surface area contributed by atoms with E-state index in [1.807, 2.05) is 19.9 Å². The molecule has 0 saturated carbocycles. The fourth-order valence-electron chi connectivity index (χ4n) is 3.45. The van der Waals surface area contributed by atoms with E-state index in [1.165, 1.54) is 7.11 Å². The van der Waals surface area contributed by atoms with Gasteiger partial charge in [0.15, 0.2) is 6.04 Å². The molecule has 1 unspecified atom stereocenters. The Balaban J connectivity index is 2.48. The average molecular weight is 439 g/mol. The zero-order valence-corrected chi connectivity index (χ0v) is 19.7. The predicted octanol–water partition coefficient (Wildman–Crippen LogP) is 5.20. The molecule has 0 aliphatic carbocycles. The molecule has 0 bridgehead atoms. The lowest BCUT2D eigenvalue weighted by molar-refractivity contribution is -0.141. The molecular formula is C26H34N2O4. The summed E-state index contributed by atoms with van der Waals surface area (Å²) in [6.45, 7) is 9.03. The van der Waals surface area contributed by atoms with Crippen molar-refractivity contribution in [1.29, 1.82) is 5.26 Å². The number of ether oxygens (including phenoxy) is 3. The van der Waals surface area contributed by atoms with Crippen molar-refractivity contribution in [2.24, 2.45) is 0 Å². The molecule has 0 fully saturated rings. The second kappa shape index (κ2) is 12.7. The summed E-state index contributed by atoms with van der Waals surface area (Å²) in [5, 5.41) is 12.3. The van der Waals surface area contributed by atoms with E-state index in [1.54, 1.807) is 24.3 Å². The summed E-state index contributed by atoms with van der Waals surface area (Å²) in [4.78, 5) is 12.9. The Kier molecular flexibility index (Phi) is 10.0. The molecule has 0 aromatic heterocycles. The molecule has 0 aliphatic heterocycles. The molecule has 1 atom stereocenters. The van der Waals surface area contributed by atoms with Gasteiger partial charge in [0.2, 0.25) is 0 Å². The molecule has 0 aliphatic rings. The number of nitrogens with one attached hydrogen (secondary N) is 1. The summed E-state index contributed by atoms with van der Waals surface area (Å²) in [5.41, 5.74) is 4.21. The first-order valence-electron chi connectivity index (χ1n) is 11.2. The van der Waals surface area contributed by atoms with Crippen LogP contribution in [0.3, 0.4) is 0 Å². The number of aryl methyl sites for hydroxylation is 2.